The monoisotopic (exact) mass is 346 g/mol. The number of pyridine rings is 1. The van der Waals surface area contributed by atoms with Gasteiger partial charge in [0.15, 0.2) is 0 Å². The molecule has 1 amide bonds. The number of aromatic nitrogens is 1. The van der Waals surface area contributed by atoms with Gasteiger partial charge in [0.05, 0.1) is 11.3 Å². The van der Waals surface area contributed by atoms with E-state index >= 15 is 0 Å². The van der Waals surface area contributed by atoms with Gasteiger partial charge in [-0.3, -0.25) is 14.7 Å². The number of hydrogen-bond donors (Lipinski definition) is 0. The van der Waals surface area contributed by atoms with Crippen molar-refractivity contribution >= 4 is 5.91 Å². The Morgan fingerprint density at radius 2 is 2.04 bits per heavy atom. The summed E-state index contributed by atoms with van der Waals surface area (Å²) in [4.78, 5) is 23.3. The molecule has 1 aromatic rings. The number of carbonyl (C=O) groups is 1. The van der Waals surface area contributed by atoms with Crippen molar-refractivity contribution in [3.63, 3.8) is 0 Å². The van der Waals surface area contributed by atoms with Gasteiger partial charge >= 0.3 is 0 Å². The molecule has 3 rings (SSSR count). The number of likely N-dealkylation sites (tertiary alicyclic amines) is 1. The Bertz CT molecular complexity index is 597. The zero-order valence-corrected chi connectivity index (χ0v) is 15.7. The van der Waals surface area contributed by atoms with E-state index in [0.717, 1.165) is 63.5 Å². The first kappa shape index (κ1) is 18.3. The lowest BCUT2D eigenvalue weighted by molar-refractivity contribution is -0.171. The molecule has 2 fully saturated rings. The van der Waals surface area contributed by atoms with Gasteiger partial charge in [-0.05, 0) is 46.0 Å². The molecule has 0 unspecified atom stereocenters. The third-order valence-corrected chi connectivity index (χ3v) is 5.25. The van der Waals surface area contributed by atoms with E-state index in [9.17, 15) is 4.79 Å². The average Bonchev–Trinajstić information content (AvgIpc) is 2.58. The van der Waals surface area contributed by atoms with E-state index in [1.165, 1.54) is 0 Å². The molecule has 0 N–H and O–H groups in total. The molecule has 1 aromatic heterocycles. The maximum absolute atomic E-state index is 12.1. The van der Waals surface area contributed by atoms with Crippen LogP contribution in [0.4, 0.5) is 0 Å². The minimum absolute atomic E-state index is 0.124. The predicted molar refractivity (Wildman–Crippen MR) is 97.3 cm³/mol. The molecule has 0 saturated carbocycles. The zero-order chi connectivity index (χ0) is 17.9. The van der Waals surface area contributed by atoms with Crippen LogP contribution in [0.1, 0.15) is 24.2 Å². The molecule has 0 bridgehead atoms. The van der Waals surface area contributed by atoms with Crippen LogP contribution in [-0.4, -0.2) is 84.6 Å². The second-order valence-electron chi connectivity index (χ2n) is 7.64. The lowest BCUT2D eigenvalue weighted by Crippen LogP contribution is -2.59. The maximum atomic E-state index is 12.1. The molecule has 25 heavy (non-hydrogen) atoms. The van der Waals surface area contributed by atoms with Crippen molar-refractivity contribution in [1.82, 2.24) is 19.7 Å². The third kappa shape index (κ3) is 4.77. The minimum Gasteiger partial charge on any atom is -0.363 e. The SMILES string of the molecule is Cc1cccc(CN2CCC3(CC2)CN(CCN(C)C)C(=O)CO3)n1. The Balaban J connectivity index is 1.54. The van der Waals surface area contributed by atoms with Crippen LogP contribution < -0.4 is 0 Å². The van der Waals surface area contributed by atoms with Crippen LogP contribution in [0.2, 0.25) is 0 Å². The molecule has 2 saturated heterocycles. The average molecular weight is 346 g/mol. The Labute approximate surface area is 150 Å². The maximum Gasteiger partial charge on any atom is 0.248 e. The topological polar surface area (TPSA) is 48.9 Å². The lowest BCUT2D eigenvalue weighted by atomic mass is 9.89. The summed E-state index contributed by atoms with van der Waals surface area (Å²) < 4.78 is 6.03. The van der Waals surface area contributed by atoms with Gasteiger partial charge in [-0.1, -0.05) is 6.07 Å². The van der Waals surface area contributed by atoms with Gasteiger partial charge in [-0.25, -0.2) is 0 Å². The van der Waals surface area contributed by atoms with Gasteiger partial charge in [-0.2, -0.15) is 0 Å². The highest BCUT2D eigenvalue weighted by Gasteiger charge is 2.42. The van der Waals surface area contributed by atoms with Gasteiger partial charge in [0, 0.05) is 45.0 Å². The number of piperidine rings is 1. The summed E-state index contributed by atoms with van der Waals surface area (Å²) >= 11 is 0. The van der Waals surface area contributed by atoms with Crippen LogP contribution in [0.15, 0.2) is 18.2 Å². The minimum atomic E-state index is -0.156. The first-order chi connectivity index (χ1) is 12.0. The summed E-state index contributed by atoms with van der Waals surface area (Å²) in [5.41, 5.74) is 2.04. The van der Waals surface area contributed by atoms with E-state index in [1.54, 1.807) is 0 Å². The second-order valence-corrected chi connectivity index (χ2v) is 7.64. The molecule has 2 aliphatic heterocycles. The quantitative estimate of drug-likeness (QED) is 0.800. The fraction of sp³-hybridized carbons (Fsp3) is 0.684. The first-order valence-electron chi connectivity index (χ1n) is 9.17. The Hall–Kier alpha value is -1.50. The standard InChI is InChI=1S/C19H30N4O2/c1-16-5-4-6-17(20-16)13-22-9-7-19(8-10-22)15-23(12-11-21(2)3)18(24)14-25-19/h4-6H,7-15H2,1-3H3. The molecule has 0 aliphatic carbocycles. The smallest absolute Gasteiger partial charge is 0.248 e. The number of morpholine rings is 1. The number of nitrogens with zero attached hydrogens (tertiary/aromatic N) is 4. The van der Waals surface area contributed by atoms with Crippen LogP contribution >= 0.6 is 0 Å². The molecule has 3 heterocycles. The normalized spacial score (nSPS) is 21.3. The summed E-state index contributed by atoms with van der Waals surface area (Å²) in [5, 5.41) is 0. The second kappa shape index (κ2) is 7.81. The highest BCUT2D eigenvalue weighted by Crippen LogP contribution is 2.31. The van der Waals surface area contributed by atoms with Crippen LogP contribution in [-0.2, 0) is 16.1 Å². The highest BCUT2D eigenvalue weighted by molar-refractivity contribution is 5.78. The van der Waals surface area contributed by atoms with Crippen molar-refractivity contribution < 1.29 is 9.53 Å². The summed E-state index contributed by atoms with van der Waals surface area (Å²) in [5.74, 6) is 0.124. The van der Waals surface area contributed by atoms with Crippen molar-refractivity contribution in [3.05, 3.63) is 29.6 Å². The fourth-order valence-electron chi connectivity index (χ4n) is 3.65. The summed E-state index contributed by atoms with van der Waals surface area (Å²) in [7, 11) is 4.08. The predicted octanol–water partition coefficient (Wildman–Crippen LogP) is 1.15. The molecule has 138 valence electrons. The van der Waals surface area contributed by atoms with Crippen molar-refractivity contribution in [3.8, 4) is 0 Å². The van der Waals surface area contributed by atoms with Crippen LogP contribution in [0.3, 0.4) is 0 Å². The molecular weight excluding hydrogens is 316 g/mol. The number of hydrogen-bond acceptors (Lipinski definition) is 5. The van der Waals surface area contributed by atoms with Crippen LogP contribution in [0.5, 0.6) is 0 Å². The third-order valence-electron chi connectivity index (χ3n) is 5.25. The van der Waals surface area contributed by atoms with Crippen LogP contribution in [0, 0.1) is 6.92 Å². The first-order valence-corrected chi connectivity index (χ1v) is 9.17. The van der Waals surface area contributed by atoms with E-state index < -0.39 is 0 Å². The summed E-state index contributed by atoms with van der Waals surface area (Å²) in [6.45, 7) is 7.55. The van der Waals surface area contributed by atoms with E-state index in [1.807, 2.05) is 32.0 Å². The number of amides is 1. The van der Waals surface area contributed by atoms with Gasteiger partial charge < -0.3 is 14.5 Å². The zero-order valence-electron chi connectivity index (χ0n) is 15.7. The van der Waals surface area contributed by atoms with Crippen molar-refractivity contribution in [2.24, 2.45) is 0 Å². The van der Waals surface area contributed by atoms with Gasteiger partial charge in [-0.15, -0.1) is 0 Å². The Kier molecular flexibility index (Phi) is 5.71. The molecule has 1 spiro atoms. The largest absolute Gasteiger partial charge is 0.363 e. The van der Waals surface area contributed by atoms with E-state index in [2.05, 4.69) is 26.9 Å². The number of carbonyl (C=O) groups excluding carboxylic acids is 1. The van der Waals surface area contributed by atoms with Gasteiger partial charge in [0.2, 0.25) is 5.91 Å². The molecular formula is C19H30N4O2. The number of aryl methyl sites for hydroxylation is 1. The molecule has 2 aliphatic rings. The highest BCUT2D eigenvalue weighted by atomic mass is 16.5. The molecule has 6 nitrogen and oxygen atoms in total. The number of ether oxygens (including phenoxy) is 1. The number of rotatable bonds is 5. The van der Waals surface area contributed by atoms with Crippen molar-refractivity contribution in [1.29, 1.82) is 0 Å². The Morgan fingerprint density at radius 1 is 1.28 bits per heavy atom. The van der Waals surface area contributed by atoms with Crippen molar-refractivity contribution in [2.45, 2.75) is 31.9 Å². The molecule has 0 aromatic carbocycles. The number of likely N-dealkylation sites (N-methyl/N-ethyl adjacent to an activating group) is 1. The summed E-state index contributed by atoms with van der Waals surface area (Å²) in [6.07, 6.45) is 1.95. The van der Waals surface area contributed by atoms with E-state index in [4.69, 9.17) is 4.74 Å². The van der Waals surface area contributed by atoms with Crippen molar-refractivity contribution in [2.75, 3.05) is 53.4 Å². The lowest BCUT2D eigenvalue weighted by Gasteiger charge is -2.47. The van der Waals surface area contributed by atoms with Gasteiger partial charge in [0.25, 0.3) is 0 Å². The Morgan fingerprint density at radius 3 is 2.72 bits per heavy atom. The summed E-state index contributed by atoms with van der Waals surface area (Å²) in [6, 6.07) is 6.20. The van der Waals surface area contributed by atoms with Crippen LogP contribution in [0.25, 0.3) is 0 Å². The van der Waals surface area contributed by atoms with E-state index in [0.29, 0.717) is 0 Å². The fourth-order valence-corrected chi connectivity index (χ4v) is 3.65. The molecule has 6 heteroatoms. The van der Waals surface area contributed by atoms with E-state index in [-0.39, 0.29) is 18.1 Å². The molecule has 0 radical (unpaired) electrons. The van der Waals surface area contributed by atoms with Gasteiger partial charge in [0.1, 0.15) is 6.61 Å². The molecule has 0 atom stereocenters.